The summed E-state index contributed by atoms with van der Waals surface area (Å²) in [5.41, 5.74) is 5.72. The first kappa shape index (κ1) is 16.2. The van der Waals surface area contributed by atoms with E-state index in [4.69, 9.17) is 5.73 Å². The van der Waals surface area contributed by atoms with Crippen molar-refractivity contribution in [3.63, 3.8) is 0 Å². The zero-order valence-corrected chi connectivity index (χ0v) is 14.2. The number of hydrogen-bond acceptors (Lipinski definition) is 3. The van der Waals surface area contributed by atoms with Gasteiger partial charge in [0.05, 0.1) is 5.69 Å². The quantitative estimate of drug-likeness (QED) is 0.710. The maximum absolute atomic E-state index is 13.1. The molecule has 0 amide bonds. The van der Waals surface area contributed by atoms with Crippen LogP contribution < -0.4 is 10.5 Å². The number of benzene rings is 2. The molecule has 0 aliphatic carbocycles. The minimum Gasteiger partial charge on any atom is -0.399 e. The van der Waals surface area contributed by atoms with Gasteiger partial charge in [-0.2, -0.15) is 0 Å². The van der Waals surface area contributed by atoms with Crippen molar-refractivity contribution in [2.24, 2.45) is 0 Å². The van der Waals surface area contributed by atoms with Crippen LogP contribution in [0.15, 0.2) is 44.2 Å². The van der Waals surface area contributed by atoms with Crippen LogP contribution in [0.1, 0.15) is 0 Å². The summed E-state index contributed by atoms with van der Waals surface area (Å²) in [4.78, 5) is -0.124. The Hall–Kier alpha value is -1.19. The highest BCUT2D eigenvalue weighted by Crippen LogP contribution is 2.33. The van der Waals surface area contributed by atoms with Crippen molar-refractivity contribution in [1.29, 1.82) is 0 Å². The van der Waals surface area contributed by atoms with Crippen molar-refractivity contribution in [3.05, 3.63) is 50.9 Å². The van der Waals surface area contributed by atoms with Crippen molar-refractivity contribution in [2.75, 3.05) is 10.5 Å². The smallest absolute Gasteiger partial charge is 0.264 e. The zero-order valence-electron chi connectivity index (χ0n) is 10.2. The van der Waals surface area contributed by atoms with Gasteiger partial charge in [-0.1, -0.05) is 0 Å². The number of nitrogens with one attached hydrogen (secondary N) is 1. The Bertz CT molecular complexity index is 770. The van der Waals surface area contributed by atoms with E-state index in [9.17, 15) is 17.2 Å². The van der Waals surface area contributed by atoms with Crippen LogP contribution in [0.5, 0.6) is 0 Å². The van der Waals surface area contributed by atoms with Crippen LogP contribution in [-0.4, -0.2) is 8.42 Å². The van der Waals surface area contributed by atoms with Crippen LogP contribution in [0.25, 0.3) is 0 Å². The second-order valence-corrected chi connectivity index (χ2v) is 7.41. The molecule has 2 rings (SSSR count). The monoisotopic (exact) mass is 440 g/mol. The van der Waals surface area contributed by atoms with Gasteiger partial charge >= 0.3 is 0 Å². The lowest BCUT2D eigenvalue weighted by molar-refractivity contribution is 0.584. The molecule has 0 heterocycles. The molecule has 4 nitrogen and oxygen atoms in total. The summed E-state index contributed by atoms with van der Waals surface area (Å²) in [6, 6.07) is 5.21. The standard InChI is InChI=1S/C12H8Br2F2N2O2S/c13-10-4-8(17)5-11(14)12(10)21(19,20)18-9-2-6(15)1-7(16)3-9/h1-5,18H,17H2. The lowest BCUT2D eigenvalue weighted by Gasteiger charge is -2.12. The first-order chi connectivity index (χ1) is 9.69. The predicted octanol–water partition coefficient (Wildman–Crippen LogP) is 3.87. The highest BCUT2D eigenvalue weighted by Gasteiger charge is 2.22. The van der Waals surface area contributed by atoms with Gasteiger partial charge in [-0.05, 0) is 56.1 Å². The Morgan fingerprint density at radius 2 is 1.43 bits per heavy atom. The minimum atomic E-state index is -4.06. The van der Waals surface area contributed by atoms with Crippen molar-refractivity contribution in [2.45, 2.75) is 4.90 Å². The zero-order chi connectivity index (χ0) is 15.8. The fourth-order valence-corrected chi connectivity index (χ4v) is 5.32. The summed E-state index contributed by atoms with van der Waals surface area (Å²) in [5, 5.41) is 0. The summed E-state index contributed by atoms with van der Waals surface area (Å²) in [6.07, 6.45) is 0. The predicted molar refractivity (Wildman–Crippen MR) is 83.4 cm³/mol. The van der Waals surface area contributed by atoms with Gasteiger partial charge in [-0.15, -0.1) is 0 Å². The Morgan fingerprint density at radius 3 is 1.90 bits per heavy atom. The summed E-state index contributed by atoms with van der Waals surface area (Å²) < 4.78 is 53.4. The van der Waals surface area contributed by atoms with Crippen LogP contribution >= 0.6 is 31.9 Å². The molecule has 3 N–H and O–H groups in total. The highest BCUT2D eigenvalue weighted by molar-refractivity contribution is 9.11. The van der Waals surface area contributed by atoms with Gasteiger partial charge in [0, 0.05) is 20.7 Å². The SMILES string of the molecule is Nc1cc(Br)c(S(=O)(=O)Nc2cc(F)cc(F)c2)c(Br)c1. The molecule has 9 heteroatoms. The van der Waals surface area contributed by atoms with E-state index < -0.39 is 21.7 Å². The van der Waals surface area contributed by atoms with Crippen LogP contribution in [0.2, 0.25) is 0 Å². The molecular weight excluding hydrogens is 434 g/mol. The Kier molecular flexibility index (Phi) is 4.54. The molecule has 0 spiro atoms. The van der Waals surface area contributed by atoms with Gasteiger partial charge in [-0.3, -0.25) is 4.72 Å². The fraction of sp³-hybridized carbons (Fsp3) is 0. The third-order valence-corrected chi connectivity index (χ3v) is 5.66. The van der Waals surface area contributed by atoms with E-state index in [2.05, 4.69) is 36.6 Å². The second kappa shape index (κ2) is 5.90. The van der Waals surface area contributed by atoms with E-state index in [1.807, 2.05) is 0 Å². The molecule has 0 fully saturated rings. The lowest BCUT2D eigenvalue weighted by Crippen LogP contribution is -2.15. The summed E-state index contributed by atoms with van der Waals surface area (Å²) in [6.45, 7) is 0. The van der Waals surface area contributed by atoms with Crippen molar-refractivity contribution < 1.29 is 17.2 Å². The molecule has 112 valence electrons. The topological polar surface area (TPSA) is 72.2 Å². The number of nitrogens with two attached hydrogens (primary N) is 1. The molecule has 0 unspecified atom stereocenters. The lowest BCUT2D eigenvalue weighted by atomic mass is 10.3. The molecule has 0 aromatic heterocycles. The van der Waals surface area contributed by atoms with Crippen LogP contribution in [0.4, 0.5) is 20.2 Å². The summed E-state index contributed by atoms with van der Waals surface area (Å²) in [7, 11) is -4.06. The van der Waals surface area contributed by atoms with Crippen molar-refractivity contribution >= 4 is 53.3 Å². The molecule has 2 aromatic rings. The second-order valence-electron chi connectivity index (χ2n) is 4.08. The number of hydrogen-bond donors (Lipinski definition) is 2. The highest BCUT2D eigenvalue weighted by atomic mass is 79.9. The molecule has 2 aromatic carbocycles. The van der Waals surface area contributed by atoms with Crippen molar-refractivity contribution in [3.8, 4) is 0 Å². The Labute approximate surface area is 136 Å². The van der Waals surface area contributed by atoms with Gasteiger partial charge in [0.25, 0.3) is 10.0 Å². The van der Waals surface area contributed by atoms with E-state index in [1.54, 1.807) is 0 Å². The molecular formula is C12H8Br2F2N2O2S. The number of sulfonamides is 1. The largest absolute Gasteiger partial charge is 0.399 e. The maximum Gasteiger partial charge on any atom is 0.264 e. The molecule has 0 radical (unpaired) electrons. The van der Waals surface area contributed by atoms with Crippen LogP contribution in [0.3, 0.4) is 0 Å². The summed E-state index contributed by atoms with van der Waals surface area (Å²) >= 11 is 6.20. The number of rotatable bonds is 3. The van der Waals surface area contributed by atoms with E-state index in [0.717, 1.165) is 12.1 Å². The molecule has 0 aliphatic heterocycles. The molecule has 0 atom stereocenters. The normalized spacial score (nSPS) is 11.4. The van der Waals surface area contributed by atoms with E-state index in [0.29, 0.717) is 11.8 Å². The molecule has 0 aliphatic rings. The van der Waals surface area contributed by atoms with Crippen molar-refractivity contribution in [1.82, 2.24) is 0 Å². The Balaban J connectivity index is 2.48. The number of halogens is 4. The maximum atomic E-state index is 13.1. The third kappa shape index (κ3) is 3.72. The average molecular weight is 442 g/mol. The van der Waals surface area contributed by atoms with Gasteiger partial charge < -0.3 is 5.73 Å². The first-order valence-electron chi connectivity index (χ1n) is 5.42. The molecule has 0 saturated heterocycles. The number of nitrogen functional groups attached to an aromatic ring is 1. The third-order valence-electron chi connectivity index (χ3n) is 2.40. The van der Waals surface area contributed by atoms with E-state index >= 15 is 0 Å². The molecule has 21 heavy (non-hydrogen) atoms. The average Bonchev–Trinajstić information content (AvgIpc) is 2.23. The molecule has 0 bridgehead atoms. The Morgan fingerprint density at radius 1 is 0.952 bits per heavy atom. The minimum absolute atomic E-state index is 0.124. The van der Waals surface area contributed by atoms with E-state index in [1.165, 1.54) is 12.1 Å². The van der Waals surface area contributed by atoms with Crippen LogP contribution in [0, 0.1) is 11.6 Å². The fourth-order valence-electron chi connectivity index (χ4n) is 1.66. The van der Waals surface area contributed by atoms with Gasteiger partial charge in [0.15, 0.2) is 0 Å². The summed E-state index contributed by atoms with van der Waals surface area (Å²) in [5.74, 6) is -1.77. The first-order valence-corrected chi connectivity index (χ1v) is 8.49. The van der Waals surface area contributed by atoms with E-state index in [-0.39, 0.29) is 19.5 Å². The number of anilines is 2. The van der Waals surface area contributed by atoms with Gasteiger partial charge in [-0.25, -0.2) is 17.2 Å². The molecule has 0 saturated carbocycles. The van der Waals surface area contributed by atoms with Gasteiger partial charge in [0.2, 0.25) is 0 Å². The van der Waals surface area contributed by atoms with Crippen LogP contribution in [-0.2, 0) is 10.0 Å². The van der Waals surface area contributed by atoms with Gasteiger partial charge in [0.1, 0.15) is 16.5 Å².